The average Bonchev–Trinajstić information content (AvgIpc) is 2.45. The molecule has 0 radical (unpaired) electrons. The Balaban J connectivity index is 3.13. The number of rotatable bonds is 14. The van der Waals surface area contributed by atoms with E-state index < -0.39 is 0 Å². The molecule has 0 saturated heterocycles. The summed E-state index contributed by atoms with van der Waals surface area (Å²) in [6.07, 6.45) is 11.1. The predicted molar refractivity (Wildman–Crippen MR) is 88.9 cm³/mol. The van der Waals surface area contributed by atoms with Gasteiger partial charge in [0.15, 0.2) is 5.11 Å². The van der Waals surface area contributed by atoms with E-state index in [1.807, 2.05) is 0 Å². The second kappa shape index (κ2) is 16.7. The minimum Gasteiger partial charge on any atom is -0.396 e. The fourth-order valence-electron chi connectivity index (χ4n) is 2.00. The zero-order valence-corrected chi connectivity index (χ0v) is 13.5. The molecule has 0 rings (SSSR count). The van der Waals surface area contributed by atoms with Gasteiger partial charge >= 0.3 is 0 Å². The second-order valence-corrected chi connectivity index (χ2v) is 5.57. The second-order valence-electron chi connectivity index (χ2n) is 5.17. The Kier molecular flexibility index (Phi) is 16.3. The minimum atomic E-state index is 0.312. The highest BCUT2D eigenvalue weighted by Gasteiger charge is 1.95. The van der Waals surface area contributed by atoms with Gasteiger partial charge in [-0.2, -0.15) is 0 Å². The van der Waals surface area contributed by atoms with Crippen molar-refractivity contribution in [1.82, 2.24) is 10.6 Å². The Hall–Kier alpha value is -0.390. The lowest BCUT2D eigenvalue weighted by atomic mass is 10.1. The van der Waals surface area contributed by atoms with Crippen molar-refractivity contribution < 1.29 is 10.2 Å². The van der Waals surface area contributed by atoms with E-state index in [9.17, 15) is 0 Å². The number of hydrogen-bond donors (Lipinski definition) is 4. The lowest BCUT2D eigenvalue weighted by molar-refractivity contribution is 0.282. The van der Waals surface area contributed by atoms with Crippen molar-refractivity contribution in [3.8, 4) is 0 Å². The summed E-state index contributed by atoms with van der Waals surface area (Å²) >= 11 is 5.20. The van der Waals surface area contributed by atoms with Crippen molar-refractivity contribution in [3.05, 3.63) is 0 Å². The summed E-state index contributed by atoms with van der Waals surface area (Å²) in [7, 11) is 0. The van der Waals surface area contributed by atoms with Gasteiger partial charge in [-0.25, -0.2) is 0 Å². The molecule has 0 atom stereocenters. The maximum Gasteiger partial charge on any atom is 0.166 e. The fourth-order valence-corrected chi connectivity index (χ4v) is 2.20. The SMILES string of the molecule is OCCCCCCCNC(=S)NCCCCCCCO. The molecule has 0 heterocycles. The van der Waals surface area contributed by atoms with Crippen LogP contribution in [0.4, 0.5) is 0 Å². The van der Waals surface area contributed by atoms with Gasteiger partial charge in [-0.3, -0.25) is 0 Å². The Morgan fingerprint density at radius 1 is 0.600 bits per heavy atom. The third-order valence-electron chi connectivity index (χ3n) is 3.24. The van der Waals surface area contributed by atoms with Crippen LogP contribution in [-0.4, -0.2) is 41.6 Å². The van der Waals surface area contributed by atoms with E-state index in [0.29, 0.717) is 13.2 Å². The maximum atomic E-state index is 8.66. The zero-order valence-electron chi connectivity index (χ0n) is 12.7. The van der Waals surface area contributed by atoms with Crippen molar-refractivity contribution >= 4 is 17.3 Å². The summed E-state index contributed by atoms with van der Waals surface area (Å²) in [5, 5.41) is 24.5. The molecule has 0 unspecified atom stereocenters. The highest BCUT2D eigenvalue weighted by Crippen LogP contribution is 2.02. The number of aliphatic hydroxyl groups is 2. The van der Waals surface area contributed by atoms with Gasteiger partial charge in [-0.05, 0) is 37.9 Å². The predicted octanol–water partition coefficient (Wildman–Crippen LogP) is 2.34. The monoisotopic (exact) mass is 304 g/mol. The lowest BCUT2D eigenvalue weighted by Crippen LogP contribution is -2.36. The first kappa shape index (κ1) is 19.6. The van der Waals surface area contributed by atoms with Crippen LogP contribution in [0.3, 0.4) is 0 Å². The zero-order chi connectivity index (χ0) is 14.9. The quantitative estimate of drug-likeness (QED) is 0.293. The third-order valence-corrected chi connectivity index (χ3v) is 3.53. The van der Waals surface area contributed by atoms with Gasteiger partial charge in [0.05, 0.1) is 0 Å². The van der Waals surface area contributed by atoms with Crippen LogP contribution in [0.15, 0.2) is 0 Å². The van der Waals surface area contributed by atoms with Crippen molar-refractivity contribution in [2.75, 3.05) is 26.3 Å². The first-order valence-corrected chi connectivity index (χ1v) is 8.45. The van der Waals surface area contributed by atoms with E-state index in [0.717, 1.165) is 56.7 Å². The van der Waals surface area contributed by atoms with Gasteiger partial charge in [0.2, 0.25) is 0 Å². The fraction of sp³-hybridized carbons (Fsp3) is 0.933. The molecule has 0 aromatic heterocycles. The summed E-state index contributed by atoms with van der Waals surface area (Å²) in [5.74, 6) is 0. The molecule has 0 saturated carbocycles. The molecular weight excluding hydrogens is 272 g/mol. The summed E-state index contributed by atoms with van der Waals surface area (Å²) in [4.78, 5) is 0. The molecule has 0 spiro atoms. The largest absolute Gasteiger partial charge is 0.396 e. The highest BCUT2D eigenvalue weighted by atomic mass is 32.1. The van der Waals surface area contributed by atoms with Crippen LogP contribution in [0.1, 0.15) is 64.2 Å². The molecule has 120 valence electrons. The number of unbranched alkanes of at least 4 members (excludes halogenated alkanes) is 8. The van der Waals surface area contributed by atoms with Crippen molar-refractivity contribution in [2.45, 2.75) is 64.2 Å². The van der Waals surface area contributed by atoms with Crippen molar-refractivity contribution in [1.29, 1.82) is 0 Å². The normalized spacial score (nSPS) is 10.5. The van der Waals surface area contributed by atoms with Crippen LogP contribution in [-0.2, 0) is 0 Å². The minimum absolute atomic E-state index is 0.312. The molecule has 4 nitrogen and oxygen atoms in total. The highest BCUT2D eigenvalue weighted by molar-refractivity contribution is 7.80. The summed E-state index contributed by atoms with van der Waals surface area (Å²) in [6, 6.07) is 0. The van der Waals surface area contributed by atoms with E-state index in [-0.39, 0.29) is 0 Å². The molecular formula is C15H32N2O2S. The maximum absolute atomic E-state index is 8.66. The van der Waals surface area contributed by atoms with Crippen molar-refractivity contribution in [2.24, 2.45) is 0 Å². The van der Waals surface area contributed by atoms with Gasteiger partial charge in [-0.1, -0.05) is 38.5 Å². The van der Waals surface area contributed by atoms with Crippen LogP contribution >= 0.6 is 12.2 Å². The number of aliphatic hydroxyl groups excluding tert-OH is 2. The van der Waals surface area contributed by atoms with E-state index in [4.69, 9.17) is 22.4 Å². The van der Waals surface area contributed by atoms with Gasteiger partial charge in [-0.15, -0.1) is 0 Å². The smallest absolute Gasteiger partial charge is 0.166 e. The topological polar surface area (TPSA) is 64.5 Å². The molecule has 0 fully saturated rings. The Labute approximate surface area is 129 Å². The Morgan fingerprint density at radius 3 is 1.35 bits per heavy atom. The molecule has 0 aromatic carbocycles. The molecule has 5 heteroatoms. The first-order valence-electron chi connectivity index (χ1n) is 8.04. The van der Waals surface area contributed by atoms with E-state index in [1.165, 1.54) is 25.7 Å². The van der Waals surface area contributed by atoms with E-state index in [1.54, 1.807) is 0 Å². The third kappa shape index (κ3) is 15.7. The first-order chi connectivity index (χ1) is 9.81. The molecule has 0 aromatic rings. The molecule has 4 N–H and O–H groups in total. The van der Waals surface area contributed by atoms with Gasteiger partial charge in [0, 0.05) is 26.3 Å². The van der Waals surface area contributed by atoms with Crippen LogP contribution in [0.5, 0.6) is 0 Å². The summed E-state index contributed by atoms with van der Waals surface area (Å²) in [6.45, 7) is 2.49. The average molecular weight is 305 g/mol. The van der Waals surface area contributed by atoms with Gasteiger partial charge < -0.3 is 20.8 Å². The molecule has 20 heavy (non-hydrogen) atoms. The molecule has 0 aliphatic heterocycles. The lowest BCUT2D eigenvalue weighted by Gasteiger charge is -2.10. The van der Waals surface area contributed by atoms with E-state index in [2.05, 4.69) is 10.6 Å². The molecule has 0 aliphatic rings. The van der Waals surface area contributed by atoms with Crippen LogP contribution in [0, 0.1) is 0 Å². The van der Waals surface area contributed by atoms with Crippen molar-refractivity contribution in [3.63, 3.8) is 0 Å². The van der Waals surface area contributed by atoms with E-state index >= 15 is 0 Å². The Bertz CT molecular complexity index is 196. The number of hydrogen-bond acceptors (Lipinski definition) is 3. The summed E-state index contributed by atoms with van der Waals surface area (Å²) in [5.41, 5.74) is 0. The van der Waals surface area contributed by atoms with Gasteiger partial charge in [0.1, 0.15) is 0 Å². The number of nitrogens with one attached hydrogen (secondary N) is 2. The van der Waals surface area contributed by atoms with Gasteiger partial charge in [0.25, 0.3) is 0 Å². The van der Waals surface area contributed by atoms with Crippen LogP contribution in [0.2, 0.25) is 0 Å². The molecule has 0 bridgehead atoms. The van der Waals surface area contributed by atoms with Crippen LogP contribution in [0.25, 0.3) is 0 Å². The Morgan fingerprint density at radius 2 is 0.950 bits per heavy atom. The molecule has 0 amide bonds. The summed E-state index contributed by atoms with van der Waals surface area (Å²) < 4.78 is 0. The number of thiocarbonyl (C=S) groups is 1. The van der Waals surface area contributed by atoms with Crippen LogP contribution < -0.4 is 10.6 Å². The molecule has 0 aliphatic carbocycles. The standard InChI is InChI=1S/C15H32N2O2S/c18-13-9-5-1-3-7-11-16-15(20)17-12-8-4-2-6-10-14-19/h18-19H,1-14H2,(H2,16,17,20).